The third-order valence-electron chi connectivity index (χ3n) is 13.4. The van der Waals surface area contributed by atoms with Crippen molar-refractivity contribution in [3.63, 3.8) is 0 Å². The summed E-state index contributed by atoms with van der Waals surface area (Å²) in [5.41, 5.74) is 5.81. The zero-order valence-corrected chi connectivity index (χ0v) is 45.7. The summed E-state index contributed by atoms with van der Waals surface area (Å²) >= 11 is 2.69. The van der Waals surface area contributed by atoms with Crippen LogP contribution < -0.4 is 26.0 Å². The van der Waals surface area contributed by atoms with Crippen LogP contribution in [0.3, 0.4) is 0 Å². The van der Waals surface area contributed by atoms with Crippen LogP contribution in [-0.4, -0.2) is 151 Å². The van der Waals surface area contributed by atoms with Gasteiger partial charge in [0.25, 0.3) is 0 Å². The first-order valence-electron chi connectivity index (χ1n) is 25.9. The summed E-state index contributed by atoms with van der Waals surface area (Å²) in [4.78, 5) is 67.7. The number of aromatic nitrogens is 8. The lowest BCUT2D eigenvalue weighted by atomic mass is 9.98. The second-order valence-corrected chi connectivity index (χ2v) is 22.0. The summed E-state index contributed by atoms with van der Waals surface area (Å²) in [6, 6.07) is 14.9. The average molecular weight is 1100 g/mol. The molecule has 78 heavy (non-hydrogen) atoms. The Morgan fingerprint density at radius 1 is 0.731 bits per heavy atom. The van der Waals surface area contributed by atoms with E-state index in [1.807, 2.05) is 49.4 Å². The third-order valence-corrected chi connectivity index (χ3v) is 15.5. The highest BCUT2D eigenvalue weighted by Crippen LogP contribution is 2.41. The maximum Gasteiger partial charge on any atom is 0.321 e. The van der Waals surface area contributed by atoms with Crippen molar-refractivity contribution in [1.29, 1.82) is 0 Å². The Morgan fingerprint density at radius 2 is 1.31 bits per heavy atom. The van der Waals surface area contributed by atoms with E-state index in [4.69, 9.17) is 34.1 Å². The molecular formula is C55H62N14O7S2. The maximum atomic E-state index is 13.4. The summed E-state index contributed by atoms with van der Waals surface area (Å²) in [7, 11) is 1.74. The molecule has 2 fully saturated rings. The van der Waals surface area contributed by atoms with Gasteiger partial charge in [-0.3, -0.25) is 30.4 Å². The van der Waals surface area contributed by atoms with Gasteiger partial charge < -0.3 is 35.1 Å². The van der Waals surface area contributed by atoms with Crippen LogP contribution in [0, 0.1) is 0 Å². The molecule has 2 aliphatic rings. The highest BCUT2D eigenvalue weighted by molar-refractivity contribution is 7.23. The van der Waals surface area contributed by atoms with E-state index in [9.17, 15) is 19.8 Å². The number of likely N-dealkylation sites (tertiary alicyclic amines) is 1. The van der Waals surface area contributed by atoms with Crippen molar-refractivity contribution in [1.82, 2.24) is 60.3 Å². The average Bonchev–Trinajstić information content (AvgIpc) is 4.13. The van der Waals surface area contributed by atoms with Crippen molar-refractivity contribution in [3.8, 4) is 50.5 Å². The number of nitrogens with zero attached hydrogens (tertiary/aromatic N) is 10. The second kappa shape index (κ2) is 23.8. The molecule has 0 radical (unpaired) electrons. The monoisotopic (exact) mass is 1090 g/mol. The number of hydrogen-bond acceptors (Lipinski definition) is 19. The summed E-state index contributed by atoms with van der Waals surface area (Å²) in [6.07, 6.45) is 11.1. The van der Waals surface area contributed by atoms with Gasteiger partial charge in [-0.1, -0.05) is 22.7 Å². The Hall–Kier alpha value is -7.22. The Morgan fingerprint density at radius 3 is 1.90 bits per heavy atom. The molecule has 6 aromatic heterocycles. The van der Waals surface area contributed by atoms with E-state index in [1.165, 1.54) is 22.7 Å². The van der Waals surface area contributed by atoms with Gasteiger partial charge in [-0.25, -0.2) is 39.5 Å². The van der Waals surface area contributed by atoms with E-state index >= 15 is 0 Å². The lowest BCUT2D eigenvalue weighted by molar-refractivity contribution is -0.0334. The SMILES string of the molecule is CCNC(=O)Nc1nc2cc(-c3cnc(C(C)(O)CCCNC(=O)Nc4nc5cc(-c6cnc(C(C)(C)O)nc6)cc(-c6cc(CN7CC(OC)C7)ccn6)c5s4)nc3)cc(-c3cc(OCCN4CCOCC4)ccn3)c2s1. The van der Waals surface area contributed by atoms with Gasteiger partial charge in [0.2, 0.25) is 0 Å². The predicted molar refractivity (Wildman–Crippen MR) is 300 cm³/mol. The van der Waals surface area contributed by atoms with Crippen LogP contribution >= 0.6 is 22.7 Å². The van der Waals surface area contributed by atoms with Crippen LogP contribution in [0.15, 0.2) is 85.7 Å². The summed E-state index contributed by atoms with van der Waals surface area (Å²) in [5, 5.41) is 34.4. The fourth-order valence-electron chi connectivity index (χ4n) is 9.17. The number of benzene rings is 2. The van der Waals surface area contributed by atoms with Gasteiger partial charge in [0, 0.05) is 125 Å². The normalized spacial score (nSPS) is 15.2. The quantitative estimate of drug-likeness (QED) is 0.0400. The molecule has 23 heteroatoms. The minimum absolute atomic E-state index is 0.229. The first-order chi connectivity index (χ1) is 37.7. The topological polar surface area (TPSA) is 260 Å². The fourth-order valence-corrected chi connectivity index (χ4v) is 11.1. The van der Waals surface area contributed by atoms with Gasteiger partial charge in [-0.2, -0.15) is 0 Å². The van der Waals surface area contributed by atoms with Gasteiger partial charge >= 0.3 is 12.1 Å². The molecule has 0 bridgehead atoms. The summed E-state index contributed by atoms with van der Waals surface area (Å²) in [5.74, 6) is 1.21. The fraction of sp³-hybridized carbons (Fsp3) is 0.382. The Kier molecular flexibility index (Phi) is 16.5. The molecule has 2 aromatic carbocycles. The lowest BCUT2D eigenvalue weighted by Crippen LogP contribution is -2.50. The molecule has 0 spiro atoms. The number of hydrogen-bond donors (Lipinski definition) is 6. The van der Waals surface area contributed by atoms with Crippen molar-refractivity contribution in [2.24, 2.45) is 0 Å². The van der Waals surface area contributed by atoms with Crippen molar-refractivity contribution in [3.05, 3.63) is 103 Å². The molecule has 2 saturated heterocycles. The number of methoxy groups -OCH3 is 1. The Labute approximate surface area is 458 Å². The molecule has 8 heterocycles. The number of nitrogens with one attached hydrogen (secondary N) is 4. The first kappa shape index (κ1) is 54.1. The van der Waals surface area contributed by atoms with Crippen LogP contribution in [0.25, 0.3) is 65.2 Å². The molecule has 2 aliphatic heterocycles. The number of aliphatic hydroxyl groups is 2. The van der Waals surface area contributed by atoms with E-state index in [1.54, 1.807) is 65.1 Å². The van der Waals surface area contributed by atoms with Crippen LogP contribution in [0.1, 0.15) is 57.7 Å². The number of pyridine rings is 2. The van der Waals surface area contributed by atoms with Crippen LogP contribution in [0.2, 0.25) is 0 Å². The molecule has 21 nitrogen and oxygen atoms in total. The number of fused-ring (bicyclic) bond motifs is 2. The molecule has 0 aliphatic carbocycles. The van der Waals surface area contributed by atoms with Crippen molar-refractivity contribution >= 4 is 65.4 Å². The molecule has 8 aromatic rings. The van der Waals surface area contributed by atoms with Gasteiger partial charge in [0.15, 0.2) is 21.9 Å². The zero-order chi connectivity index (χ0) is 54.4. The first-order valence-corrected chi connectivity index (χ1v) is 27.5. The number of rotatable bonds is 20. The van der Waals surface area contributed by atoms with E-state index in [-0.39, 0.29) is 30.9 Å². The largest absolute Gasteiger partial charge is 0.492 e. The Balaban J connectivity index is 0.805. The van der Waals surface area contributed by atoms with Crippen LogP contribution in [-0.2, 0) is 27.2 Å². The van der Waals surface area contributed by atoms with E-state index < -0.39 is 17.2 Å². The van der Waals surface area contributed by atoms with E-state index in [0.29, 0.717) is 63.7 Å². The number of anilines is 2. The Bertz CT molecular complexity index is 3390. The molecule has 4 amide bonds. The minimum Gasteiger partial charge on any atom is -0.492 e. The van der Waals surface area contributed by atoms with Gasteiger partial charge in [-0.05, 0) is 99.7 Å². The lowest BCUT2D eigenvalue weighted by Gasteiger charge is -2.38. The third kappa shape index (κ3) is 13.0. The van der Waals surface area contributed by atoms with Crippen LogP contribution in [0.5, 0.6) is 5.75 Å². The predicted octanol–water partition coefficient (Wildman–Crippen LogP) is 7.66. The molecule has 406 valence electrons. The molecular weight excluding hydrogens is 1030 g/mol. The second-order valence-electron chi connectivity index (χ2n) is 20.0. The summed E-state index contributed by atoms with van der Waals surface area (Å²) in [6.45, 7) is 14.5. The van der Waals surface area contributed by atoms with E-state index in [2.05, 4.69) is 57.1 Å². The molecule has 6 N–H and O–H groups in total. The molecule has 0 saturated carbocycles. The standard InChI is InChI=1S/C55H62N14O7S2/c1-6-56-50(70)66-52-64-45-24-35(22-41(47(45)78-52)43-25-38(9-13-58-43)76-19-16-68-14-17-75-18-15-68)37-28-62-49(63-29-37)55(4,73)10-7-11-59-51(71)67-53-65-44-23-34(36-26-60-48(61-27-36)54(2,3)72)21-40(46(44)77-53)42-20-33(8-12-57-42)30-69-31-39(32-69)74-5/h8-9,12-13,20-29,39,72-73H,6-7,10-11,14-19,30-32H2,1-5H3,(H2,56,64,66,70)(H2,59,65,67,71). The maximum absolute atomic E-state index is 13.4. The van der Waals surface area contributed by atoms with E-state index in [0.717, 1.165) is 101 Å². The summed E-state index contributed by atoms with van der Waals surface area (Å²) < 4.78 is 18.8. The number of amides is 4. The zero-order valence-electron chi connectivity index (χ0n) is 44.1. The van der Waals surface area contributed by atoms with Gasteiger partial charge in [0.05, 0.1) is 51.1 Å². The molecule has 1 atom stereocenters. The van der Waals surface area contributed by atoms with Gasteiger partial charge in [-0.15, -0.1) is 0 Å². The minimum atomic E-state index is -1.42. The van der Waals surface area contributed by atoms with Gasteiger partial charge in [0.1, 0.15) is 23.6 Å². The number of ether oxygens (including phenoxy) is 3. The number of carbonyl (C=O) groups is 2. The number of urea groups is 2. The van der Waals surface area contributed by atoms with Crippen LogP contribution in [0.4, 0.5) is 19.9 Å². The highest BCUT2D eigenvalue weighted by Gasteiger charge is 2.28. The van der Waals surface area contributed by atoms with Crippen molar-refractivity contribution in [2.75, 3.05) is 83.4 Å². The number of carbonyl (C=O) groups excluding carboxylic acids is 2. The number of thiazole rings is 2. The highest BCUT2D eigenvalue weighted by atomic mass is 32.1. The van der Waals surface area contributed by atoms with Crippen molar-refractivity contribution < 1.29 is 34.0 Å². The molecule has 1 unspecified atom stereocenters. The molecule has 10 rings (SSSR count). The smallest absolute Gasteiger partial charge is 0.321 e. The van der Waals surface area contributed by atoms with Crippen molar-refractivity contribution in [2.45, 2.75) is 64.4 Å². The number of morpholine rings is 1.